The first-order chi connectivity index (χ1) is 8.88. The third-order valence-electron chi connectivity index (χ3n) is 2.77. The standard InChI is InChI=1S/C11H11F3N2O3/c12-11(13,14)9-7(10(17)18)5-15-8(16-9)4-6-2-1-3-19-6/h5-6H,1-4H2,(H,17,18). The van der Waals surface area contributed by atoms with E-state index in [-0.39, 0.29) is 18.3 Å². The molecule has 0 amide bonds. The molecule has 1 aromatic rings. The topological polar surface area (TPSA) is 72.3 Å². The summed E-state index contributed by atoms with van der Waals surface area (Å²) in [5.41, 5.74) is -2.36. The first kappa shape index (κ1) is 13.7. The van der Waals surface area contributed by atoms with Crippen LogP contribution in [0.25, 0.3) is 0 Å². The summed E-state index contributed by atoms with van der Waals surface area (Å²) < 4.78 is 43.4. The van der Waals surface area contributed by atoms with Crippen LogP contribution in [0.15, 0.2) is 6.20 Å². The minimum Gasteiger partial charge on any atom is -0.478 e. The van der Waals surface area contributed by atoms with Gasteiger partial charge in [-0.2, -0.15) is 13.2 Å². The lowest BCUT2D eigenvalue weighted by atomic mass is 10.1. The van der Waals surface area contributed by atoms with Gasteiger partial charge in [0.1, 0.15) is 11.4 Å². The second kappa shape index (κ2) is 5.12. The zero-order valence-corrected chi connectivity index (χ0v) is 9.78. The van der Waals surface area contributed by atoms with Crippen LogP contribution in [0.3, 0.4) is 0 Å². The fraction of sp³-hybridized carbons (Fsp3) is 0.545. The number of carboxylic acid groups (broad SMARTS) is 1. The van der Waals surface area contributed by atoms with E-state index in [0.29, 0.717) is 12.8 Å². The lowest BCUT2D eigenvalue weighted by Gasteiger charge is -2.12. The van der Waals surface area contributed by atoms with Gasteiger partial charge in [0.05, 0.1) is 6.10 Å². The Hall–Kier alpha value is -1.70. The Morgan fingerprint density at radius 1 is 1.53 bits per heavy atom. The maximum Gasteiger partial charge on any atom is 0.434 e. The van der Waals surface area contributed by atoms with Crippen molar-refractivity contribution in [3.8, 4) is 0 Å². The smallest absolute Gasteiger partial charge is 0.434 e. The van der Waals surface area contributed by atoms with Gasteiger partial charge in [0.25, 0.3) is 0 Å². The van der Waals surface area contributed by atoms with Crippen molar-refractivity contribution in [2.45, 2.75) is 31.5 Å². The summed E-state index contributed by atoms with van der Waals surface area (Å²) in [6, 6.07) is 0. The molecule has 1 aromatic heterocycles. The molecule has 1 unspecified atom stereocenters. The molecule has 0 saturated carbocycles. The van der Waals surface area contributed by atoms with E-state index in [2.05, 4.69) is 9.97 Å². The summed E-state index contributed by atoms with van der Waals surface area (Å²) in [6.07, 6.45) is -2.57. The van der Waals surface area contributed by atoms with E-state index in [1.54, 1.807) is 0 Å². The number of rotatable bonds is 3. The molecule has 2 rings (SSSR count). The van der Waals surface area contributed by atoms with Gasteiger partial charge < -0.3 is 9.84 Å². The molecule has 2 heterocycles. The molecule has 104 valence electrons. The summed E-state index contributed by atoms with van der Waals surface area (Å²) in [7, 11) is 0. The van der Waals surface area contributed by atoms with Gasteiger partial charge in [0.2, 0.25) is 0 Å². The molecule has 1 fully saturated rings. The number of carbonyl (C=O) groups is 1. The fourth-order valence-corrected chi connectivity index (χ4v) is 1.90. The molecule has 1 atom stereocenters. The van der Waals surface area contributed by atoms with Crippen LogP contribution in [0.5, 0.6) is 0 Å². The summed E-state index contributed by atoms with van der Waals surface area (Å²) in [6.45, 7) is 0.573. The van der Waals surface area contributed by atoms with E-state index in [4.69, 9.17) is 9.84 Å². The predicted molar refractivity (Wildman–Crippen MR) is 56.7 cm³/mol. The van der Waals surface area contributed by atoms with Crippen LogP contribution >= 0.6 is 0 Å². The Kier molecular flexibility index (Phi) is 3.70. The largest absolute Gasteiger partial charge is 0.478 e. The first-order valence-electron chi connectivity index (χ1n) is 5.66. The Morgan fingerprint density at radius 3 is 2.79 bits per heavy atom. The van der Waals surface area contributed by atoms with Gasteiger partial charge in [-0.15, -0.1) is 0 Å². The minimum absolute atomic E-state index is 0.0516. The second-order valence-electron chi connectivity index (χ2n) is 4.19. The molecule has 19 heavy (non-hydrogen) atoms. The highest BCUT2D eigenvalue weighted by Gasteiger charge is 2.38. The number of ether oxygens (including phenoxy) is 1. The molecule has 1 aliphatic rings. The number of aromatic nitrogens is 2. The number of alkyl halides is 3. The molecule has 5 nitrogen and oxygen atoms in total. The van der Waals surface area contributed by atoms with Crippen molar-refractivity contribution < 1.29 is 27.8 Å². The molecule has 1 saturated heterocycles. The van der Waals surface area contributed by atoms with Crippen LogP contribution in [-0.4, -0.2) is 33.8 Å². The van der Waals surface area contributed by atoms with E-state index in [1.165, 1.54) is 0 Å². The lowest BCUT2D eigenvalue weighted by molar-refractivity contribution is -0.142. The number of nitrogens with zero attached hydrogens (tertiary/aromatic N) is 2. The van der Waals surface area contributed by atoms with Gasteiger partial charge in [0.15, 0.2) is 5.69 Å². The number of aromatic carboxylic acids is 1. The van der Waals surface area contributed by atoms with Crippen molar-refractivity contribution in [3.05, 3.63) is 23.3 Å². The van der Waals surface area contributed by atoms with E-state index in [0.717, 1.165) is 12.8 Å². The third-order valence-corrected chi connectivity index (χ3v) is 2.77. The average molecular weight is 276 g/mol. The first-order valence-corrected chi connectivity index (χ1v) is 5.66. The Bertz CT molecular complexity index is 485. The minimum atomic E-state index is -4.82. The van der Waals surface area contributed by atoms with Crippen molar-refractivity contribution in [1.82, 2.24) is 9.97 Å². The van der Waals surface area contributed by atoms with Crippen LogP contribution in [0.2, 0.25) is 0 Å². The Labute approximate surface area is 106 Å². The van der Waals surface area contributed by atoms with E-state index < -0.39 is 23.4 Å². The van der Waals surface area contributed by atoms with Crippen molar-refractivity contribution in [3.63, 3.8) is 0 Å². The lowest BCUT2D eigenvalue weighted by Crippen LogP contribution is -2.19. The normalized spacial score (nSPS) is 19.6. The van der Waals surface area contributed by atoms with E-state index >= 15 is 0 Å². The van der Waals surface area contributed by atoms with Gasteiger partial charge >= 0.3 is 12.1 Å². The SMILES string of the molecule is O=C(O)c1cnc(CC2CCCO2)nc1C(F)(F)F. The molecule has 1 N–H and O–H groups in total. The maximum absolute atomic E-state index is 12.7. The number of hydrogen-bond donors (Lipinski definition) is 1. The van der Waals surface area contributed by atoms with Crippen LogP contribution < -0.4 is 0 Å². The van der Waals surface area contributed by atoms with Gasteiger partial charge in [-0.05, 0) is 12.8 Å². The maximum atomic E-state index is 12.7. The van der Waals surface area contributed by atoms with Crippen LogP contribution in [0, 0.1) is 0 Å². The highest BCUT2D eigenvalue weighted by atomic mass is 19.4. The monoisotopic (exact) mass is 276 g/mol. The average Bonchev–Trinajstić information content (AvgIpc) is 2.80. The quantitative estimate of drug-likeness (QED) is 0.913. The summed E-state index contributed by atoms with van der Waals surface area (Å²) in [4.78, 5) is 17.7. The van der Waals surface area contributed by atoms with E-state index in [1.807, 2.05) is 0 Å². The molecular formula is C11H11F3N2O3. The van der Waals surface area contributed by atoms with Crippen molar-refractivity contribution >= 4 is 5.97 Å². The van der Waals surface area contributed by atoms with Crippen molar-refractivity contribution in [2.75, 3.05) is 6.61 Å². The van der Waals surface area contributed by atoms with E-state index in [9.17, 15) is 18.0 Å². The van der Waals surface area contributed by atoms with Gasteiger partial charge in [0, 0.05) is 19.2 Å². The number of carboxylic acids is 1. The summed E-state index contributed by atoms with van der Waals surface area (Å²) >= 11 is 0. The molecule has 0 aliphatic carbocycles. The summed E-state index contributed by atoms with van der Waals surface area (Å²) in [5, 5.41) is 8.70. The van der Waals surface area contributed by atoms with Crippen LogP contribution in [0.1, 0.15) is 34.7 Å². The van der Waals surface area contributed by atoms with Crippen molar-refractivity contribution in [2.24, 2.45) is 0 Å². The Morgan fingerprint density at radius 2 is 2.26 bits per heavy atom. The third kappa shape index (κ3) is 3.19. The zero-order chi connectivity index (χ0) is 14.0. The van der Waals surface area contributed by atoms with Gasteiger partial charge in [-0.1, -0.05) is 0 Å². The van der Waals surface area contributed by atoms with Gasteiger partial charge in [-0.25, -0.2) is 14.8 Å². The fourth-order valence-electron chi connectivity index (χ4n) is 1.90. The molecule has 0 radical (unpaired) electrons. The van der Waals surface area contributed by atoms with Crippen molar-refractivity contribution in [1.29, 1.82) is 0 Å². The Balaban J connectivity index is 2.29. The molecular weight excluding hydrogens is 265 g/mol. The number of halogens is 3. The predicted octanol–water partition coefficient (Wildman–Crippen LogP) is 1.92. The highest BCUT2D eigenvalue weighted by Crippen LogP contribution is 2.30. The highest BCUT2D eigenvalue weighted by molar-refractivity contribution is 5.88. The molecule has 0 aromatic carbocycles. The van der Waals surface area contributed by atoms with Crippen LogP contribution in [0.4, 0.5) is 13.2 Å². The second-order valence-corrected chi connectivity index (χ2v) is 4.19. The molecule has 0 spiro atoms. The zero-order valence-electron chi connectivity index (χ0n) is 9.78. The van der Waals surface area contributed by atoms with Crippen LogP contribution in [-0.2, 0) is 17.3 Å². The molecule has 0 bridgehead atoms. The molecule has 8 heteroatoms. The molecule has 1 aliphatic heterocycles. The van der Waals surface area contributed by atoms with Gasteiger partial charge in [-0.3, -0.25) is 0 Å². The summed E-state index contributed by atoms with van der Waals surface area (Å²) in [5.74, 6) is -1.75. The number of hydrogen-bond acceptors (Lipinski definition) is 4.